The van der Waals surface area contributed by atoms with Crippen LogP contribution in [0.5, 0.6) is 0 Å². The third-order valence-electron chi connectivity index (χ3n) is 0.978. The van der Waals surface area contributed by atoms with E-state index in [1.54, 1.807) is 6.07 Å². The fourth-order valence-corrected chi connectivity index (χ4v) is 0.424. The smallest absolute Gasteiger partial charge is 0.188 e. The second kappa shape index (κ2) is 1.74. The Kier molecular flexibility index (Phi) is 1.08. The second-order valence-corrected chi connectivity index (χ2v) is 1.52. The summed E-state index contributed by atoms with van der Waals surface area (Å²) in [6, 6.07) is 1.75. The van der Waals surface area contributed by atoms with Crippen LogP contribution in [0.25, 0.3) is 0 Å². The molecular weight excluding hydrogens is 122 g/mol. The average molecular weight is 126 g/mol. The van der Waals surface area contributed by atoms with Gasteiger partial charge >= 0.3 is 0 Å². The minimum absolute atomic E-state index is 0.157. The third kappa shape index (κ3) is 0.700. The molecule has 0 atom stereocenters. The monoisotopic (exact) mass is 126 g/mol. The summed E-state index contributed by atoms with van der Waals surface area (Å²) in [5.41, 5.74) is 0.405. The van der Waals surface area contributed by atoms with Crippen molar-refractivity contribution in [1.29, 1.82) is 5.26 Å². The van der Waals surface area contributed by atoms with Crippen LogP contribution in [0.15, 0.2) is 4.63 Å². The number of hydrogen-bond donors (Lipinski definition) is 1. The van der Waals surface area contributed by atoms with Crippen molar-refractivity contribution in [2.75, 3.05) is 0 Å². The molecule has 1 N–H and O–H groups in total. The van der Waals surface area contributed by atoms with Gasteiger partial charge in [-0.15, -0.1) is 0 Å². The number of nitriles is 1. The van der Waals surface area contributed by atoms with Gasteiger partial charge in [0.1, 0.15) is 0 Å². The second-order valence-electron chi connectivity index (χ2n) is 1.52. The lowest BCUT2D eigenvalue weighted by Gasteiger charge is -1.61. The number of aromatic nitrogens is 2. The number of rotatable bonds is 0. The molecule has 1 rings (SSSR count). The molecular formula is C4H4N3O2+. The van der Waals surface area contributed by atoms with Crippen LogP contribution in [0.4, 0.5) is 0 Å². The fourth-order valence-electron chi connectivity index (χ4n) is 0.424. The van der Waals surface area contributed by atoms with Crippen molar-refractivity contribution in [3.05, 3.63) is 16.3 Å². The molecule has 0 amide bonds. The van der Waals surface area contributed by atoms with E-state index in [1.165, 1.54) is 6.92 Å². The maximum absolute atomic E-state index is 10.4. The Balaban J connectivity index is 3.41. The quantitative estimate of drug-likeness (QED) is 0.518. The molecule has 0 bridgehead atoms. The van der Waals surface area contributed by atoms with E-state index in [0.717, 1.165) is 0 Å². The molecule has 0 spiro atoms. The molecule has 46 valence electrons. The van der Waals surface area contributed by atoms with Gasteiger partial charge in [-0.1, -0.05) is 9.79 Å². The first-order valence-corrected chi connectivity index (χ1v) is 2.27. The summed E-state index contributed by atoms with van der Waals surface area (Å²) in [5.74, 6) is 0. The topological polar surface area (TPSA) is 75.7 Å². The summed E-state index contributed by atoms with van der Waals surface area (Å²) in [6.45, 7) is 1.49. The Hall–Kier alpha value is -1.57. The molecule has 0 unspecified atom stereocenters. The van der Waals surface area contributed by atoms with Crippen molar-refractivity contribution in [1.82, 2.24) is 5.16 Å². The van der Waals surface area contributed by atoms with E-state index in [0.29, 0.717) is 0 Å². The highest BCUT2D eigenvalue weighted by Crippen LogP contribution is 1.91. The molecule has 0 aliphatic rings. The Labute approximate surface area is 50.0 Å². The molecule has 9 heavy (non-hydrogen) atoms. The van der Waals surface area contributed by atoms with Gasteiger partial charge in [0.05, 0.1) is 0 Å². The highest BCUT2D eigenvalue weighted by molar-refractivity contribution is 5.18. The first kappa shape index (κ1) is 5.56. The van der Waals surface area contributed by atoms with E-state index in [9.17, 15) is 4.91 Å². The molecule has 5 nitrogen and oxygen atoms in total. The third-order valence-corrected chi connectivity index (χ3v) is 0.978. The van der Waals surface area contributed by atoms with Crippen LogP contribution in [0.3, 0.4) is 0 Å². The van der Waals surface area contributed by atoms with Crippen molar-refractivity contribution in [3.63, 3.8) is 0 Å². The largest absolute Gasteiger partial charge is 0.291 e. The van der Waals surface area contributed by atoms with Crippen LogP contribution >= 0.6 is 0 Å². The van der Waals surface area contributed by atoms with Gasteiger partial charge in [0.2, 0.25) is 0 Å². The van der Waals surface area contributed by atoms with E-state index in [2.05, 4.69) is 9.79 Å². The maximum atomic E-state index is 10.4. The lowest BCUT2D eigenvalue weighted by Crippen LogP contribution is -2.12. The number of H-pyrrole nitrogens is 1. The molecule has 1 aromatic heterocycles. The van der Waals surface area contributed by atoms with Crippen molar-refractivity contribution >= 4 is 0 Å². The van der Waals surface area contributed by atoms with Crippen molar-refractivity contribution < 1.29 is 9.23 Å². The number of hydrogen-bond acceptors (Lipinski definition) is 3. The first-order chi connectivity index (χ1) is 4.25. The highest BCUT2D eigenvalue weighted by Gasteiger charge is 2.12. The van der Waals surface area contributed by atoms with Gasteiger partial charge < -0.3 is 0 Å². The lowest BCUT2D eigenvalue weighted by atomic mass is 10.4. The molecule has 0 radical (unpaired) electrons. The van der Waals surface area contributed by atoms with E-state index in [1.807, 2.05) is 0 Å². The number of nitrogens with one attached hydrogen (secondary N) is 1. The summed E-state index contributed by atoms with van der Waals surface area (Å²) >= 11 is 0. The minimum atomic E-state index is 0.157. The summed E-state index contributed by atoms with van der Waals surface area (Å²) in [5, 5.41) is 10.4. The molecule has 1 heterocycles. The molecule has 0 aromatic carbocycles. The van der Waals surface area contributed by atoms with Crippen LogP contribution < -0.4 is 4.60 Å². The van der Waals surface area contributed by atoms with Gasteiger partial charge in [0, 0.05) is 6.92 Å². The lowest BCUT2D eigenvalue weighted by molar-refractivity contribution is -0.718. The molecule has 0 aliphatic heterocycles. The minimum Gasteiger partial charge on any atom is -0.188 e. The van der Waals surface area contributed by atoms with Crippen molar-refractivity contribution in [3.8, 4) is 6.07 Å². The van der Waals surface area contributed by atoms with Gasteiger partial charge in [0.15, 0.2) is 10.7 Å². The summed E-state index contributed by atoms with van der Waals surface area (Å²) < 4.78 is 4.45. The number of aromatic amines is 1. The molecule has 0 saturated heterocycles. The zero-order valence-corrected chi connectivity index (χ0v) is 4.71. The van der Waals surface area contributed by atoms with Gasteiger partial charge in [-0.05, 0) is 4.91 Å². The Morgan fingerprint density at radius 3 is 2.78 bits per heavy atom. The molecule has 0 aliphatic carbocycles. The molecule has 1 aromatic rings. The van der Waals surface area contributed by atoms with E-state index < -0.39 is 0 Å². The normalized spacial score (nSPS) is 8.89. The standard InChI is InChI=1S/C4H4N3O2/c1-3-4(2-5)6-9-7(3)8/h6H,1H3/q+1. The van der Waals surface area contributed by atoms with Gasteiger partial charge in [-0.25, -0.2) is 0 Å². The SMILES string of the molecule is Cc1c(C#N)[nH]o[n+]1=O. The fraction of sp³-hybridized carbons (Fsp3) is 0.250. The predicted octanol–water partition coefficient (Wildman–Crippen LogP) is -0.298. The zero-order valence-electron chi connectivity index (χ0n) is 4.71. The van der Waals surface area contributed by atoms with Crippen LogP contribution in [0, 0.1) is 23.2 Å². The first-order valence-electron chi connectivity index (χ1n) is 2.27. The summed E-state index contributed by atoms with van der Waals surface area (Å²) in [4.78, 5) is 10.4. The van der Waals surface area contributed by atoms with Crippen molar-refractivity contribution in [2.24, 2.45) is 0 Å². The Morgan fingerprint density at radius 1 is 1.89 bits per heavy atom. The summed E-state index contributed by atoms with van der Waals surface area (Å²) in [7, 11) is 0. The van der Waals surface area contributed by atoms with Gasteiger partial charge in [0.25, 0.3) is 11.4 Å². The Bertz CT molecular complexity index is 302. The van der Waals surface area contributed by atoms with Crippen LogP contribution in [-0.2, 0) is 0 Å². The number of nitrogens with zero attached hydrogens (tertiary/aromatic N) is 2. The highest BCUT2D eigenvalue weighted by atomic mass is 16.7. The molecule has 0 fully saturated rings. The predicted molar refractivity (Wildman–Crippen MR) is 25.9 cm³/mol. The molecule has 0 saturated carbocycles. The van der Waals surface area contributed by atoms with Gasteiger partial charge in [-0.3, -0.25) is 0 Å². The molecule has 5 heteroatoms. The zero-order chi connectivity index (χ0) is 6.85. The van der Waals surface area contributed by atoms with E-state index in [-0.39, 0.29) is 16.0 Å². The summed E-state index contributed by atoms with van der Waals surface area (Å²) in [6.07, 6.45) is 0. The average Bonchev–Trinajstić information content (AvgIpc) is 2.15. The van der Waals surface area contributed by atoms with Crippen LogP contribution in [0.2, 0.25) is 0 Å². The van der Waals surface area contributed by atoms with Crippen LogP contribution in [0.1, 0.15) is 11.4 Å². The van der Waals surface area contributed by atoms with Crippen LogP contribution in [-0.4, -0.2) is 5.16 Å². The van der Waals surface area contributed by atoms with E-state index in [4.69, 9.17) is 5.26 Å². The maximum Gasteiger partial charge on any atom is 0.291 e. The van der Waals surface area contributed by atoms with Crippen molar-refractivity contribution in [2.45, 2.75) is 6.92 Å². The van der Waals surface area contributed by atoms with Gasteiger partial charge in [-0.2, -0.15) is 5.26 Å². The Morgan fingerprint density at radius 2 is 2.56 bits per heavy atom. The van der Waals surface area contributed by atoms with E-state index >= 15 is 0 Å².